The number of ether oxygens (including phenoxy) is 1. The van der Waals surface area contributed by atoms with Crippen molar-refractivity contribution in [3.8, 4) is 5.75 Å². The highest BCUT2D eigenvalue weighted by Gasteiger charge is 2.22. The van der Waals surface area contributed by atoms with E-state index in [9.17, 15) is 0 Å². The van der Waals surface area contributed by atoms with Gasteiger partial charge in [0, 0.05) is 17.4 Å². The Hall–Kier alpha value is -1.32. The first-order valence-corrected chi connectivity index (χ1v) is 8.21. The average molecular weight is 346 g/mol. The van der Waals surface area contributed by atoms with Crippen LogP contribution in [0.3, 0.4) is 0 Å². The third-order valence-electron chi connectivity index (χ3n) is 3.81. The van der Waals surface area contributed by atoms with Gasteiger partial charge in [-0.25, -0.2) is 0 Å². The van der Waals surface area contributed by atoms with Crippen LogP contribution in [0.4, 0.5) is 0 Å². The Morgan fingerprint density at radius 2 is 2.14 bits per heavy atom. The smallest absolute Gasteiger partial charge is 0.123 e. The number of benzene rings is 2. The van der Waals surface area contributed by atoms with Crippen LogP contribution >= 0.6 is 15.9 Å². The molecule has 0 radical (unpaired) electrons. The van der Waals surface area contributed by atoms with Crippen LogP contribution in [0.5, 0.6) is 5.75 Å². The summed E-state index contributed by atoms with van der Waals surface area (Å²) in [6.45, 7) is 4.03. The predicted molar refractivity (Wildman–Crippen MR) is 90.0 cm³/mol. The van der Waals surface area contributed by atoms with Crippen LogP contribution in [0.25, 0.3) is 0 Å². The van der Waals surface area contributed by atoms with E-state index in [1.165, 1.54) is 16.7 Å². The summed E-state index contributed by atoms with van der Waals surface area (Å²) in [5.41, 5.74) is 4.02. The van der Waals surface area contributed by atoms with Crippen molar-refractivity contribution in [2.75, 3.05) is 13.1 Å². The summed E-state index contributed by atoms with van der Waals surface area (Å²) in [7, 11) is 0. The Bertz CT molecular complexity index is 626. The van der Waals surface area contributed by atoms with Gasteiger partial charge < -0.3 is 10.1 Å². The number of fused-ring (bicyclic) bond motifs is 1. The van der Waals surface area contributed by atoms with Crippen LogP contribution in [0.2, 0.25) is 0 Å². The minimum atomic E-state index is 0.256. The Labute approximate surface area is 134 Å². The van der Waals surface area contributed by atoms with E-state index in [1.807, 2.05) is 12.1 Å². The van der Waals surface area contributed by atoms with Crippen molar-refractivity contribution in [2.24, 2.45) is 0 Å². The Balaban J connectivity index is 1.43. The standard InChI is InChI=1S/C18H20BrNO/c1-13-3-2-4-14(9-13)7-8-20-12-17-11-15-10-16(19)5-6-18(15)21-17/h2-6,9-10,17,20H,7-8,11-12H2,1H3. The Morgan fingerprint density at radius 1 is 1.24 bits per heavy atom. The molecule has 21 heavy (non-hydrogen) atoms. The van der Waals surface area contributed by atoms with Crippen molar-refractivity contribution in [3.05, 3.63) is 63.6 Å². The summed E-state index contributed by atoms with van der Waals surface area (Å²) >= 11 is 3.51. The van der Waals surface area contributed by atoms with E-state index in [4.69, 9.17) is 4.74 Å². The lowest BCUT2D eigenvalue weighted by molar-refractivity contribution is 0.228. The van der Waals surface area contributed by atoms with Gasteiger partial charge in [0.1, 0.15) is 11.9 Å². The third-order valence-corrected chi connectivity index (χ3v) is 4.30. The van der Waals surface area contributed by atoms with Crippen LogP contribution in [0.15, 0.2) is 46.9 Å². The van der Waals surface area contributed by atoms with Crippen LogP contribution in [-0.4, -0.2) is 19.2 Å². The van der Waals surface area contributed by atoms with Crippen LogP contribution in [-0.2, 0) is 12.8 Å². The molecule has 0 spiro atoms. The van der Waals surface area contributed by atoms with Crippen molar-refractivity contribution < 1.29 is 4.74 Å². The highest BCUT2D eigenvalue weighted by atomic mass is 79.9. The number of aryl methyl sites for hydroxylation is 1. The van der Waals surface area contributed by atoms with Gasteiger partial charge in [-0.3, -0.25) is 0 Å². The monoisotopic (exact) mass is 345 g/mol. The summed E-state index contributed by atoms with van der Waals surface area (Å²) in [5, 5.41) is 3.51. The van der Waals surface area contributed by atoms with Crippen molar-refractivity contribution in [2.45, 2.75) is 25.9 Å². The van der Waals surface area contributed by atoms with E-state index in [0.717, 1.165) is 36.2 Å². The van der Waals surface area contributed by atoms with E-state index in [0.29, 0.717) is 0 Å². The molecule has 0 saturated heterocycles. The zero-order chi connectivity index (χ0) is 14.7. The molecule has 3 heteroatoms. The van der Waals surface area contributed by atoms with Gasteiger partial charge in [-0.05, 0) is 49.2 Å². The molecule has 110 valence electrons. The Morgan fingerprint density at radius 3 is 3.00 bits per heavy atom. The molecule has 1 unspecified atom stereocenters. The minimum absolute atomic E-state index is 0.256. The van der Waals surface area contributed by atoms with E-state index in [-0.39, 0.29) is 6.10 Å². The number of hydrogen-bond donors (Lipinski definition) is 1. The SMILES string of the molecule is Cc1cccc(CCNCC2Cc3cc(Br)ccc3O2)c1. The van der Waals surface area contributed by atoms with E-state index < -0.39 is 0 Å². The van der Waals surface area contributed by atoms with Crippen molar-refractivity contribution in [1.29, 1.82) is 0 Å². The van der Waals surface area contributed by atoms with Crippen LogP contribution in [0.1, 0.15) is 16.7 Å². The fraction of sp³-hybridized carbons (Fsp3) is 0.333. The molecule has 0 fully saturated rings. The number of hydrogen-bond acceptors (Lipinski definition) is 2. The van der Waals surface area contributed by atoms with Crippen molar-refractivity contribution >= 4 is 15.9 Å². The van der Waals surface area contributed by atoms with Gasteiger partial charge in [-0.2, -0.15) is 0 Å². The lowest BCUT2D eigenvalue weighted by Crippen LogP contribution is -2.31. The summed E-state index contributed by atoms with van der Waals surface area (Å²) < 4.78 is 7.07. The summed E-state index contributed by atoms with van der Waals surface area (Å²) in [5.74, 6) is 1.03. The first-order valence-electron chi connectivity index (χ1n) is 7.42. The van der Waals surface area contributed by atoms with E-state index in [1.54, 1.807) is 0 Å². The molecule has 0 aliphatic carbocycles. The quantitative estimate of drug-likeness (QED) is 0.830. The van der Waals surface area contributed by atoms with Gasteiger partial charge >= 0.3 is 0 Å². The van der Waals surface area contributed by atoms with Crippen LogP contribution in [0, 0.1) is 6.92 Å². The van der Waals surface area contributed by atoms with Crippen LogP contribution < -0.4 is 10.1 Å². The molecule has 0 aromatic heterocycles. The van der Waals surface area contributed by atoms with Gasteiger partial charge in [-0.1, -0.05) is 45.8 Å². The lowest BCUT2D eigenvalue weighted by Gasteiger charge is -2.12. The van der Waals surface area contributed by atoms with Gasteiger partial charge in [0.25, 0.3) is 0 Å². The average Bonchev–Trinajstić information content (AvgIpc) is 2.85. The molecule has 2 aromatic carbocycles. The molecule has 0 saturated carbocycles. The molecule has 1 aliphatic rings. The zero-order valence-electron chi connectivity index (χ0n) is 12.2. The predicted octanol–water partition coefficient (Wildman–Crippen LogP) is 3.89. The first-order chi connectivity index (χ1) is 10.2. The molecule has 1 heterocycles. The molecule has 1 atom stereocenters. The second-order valence-corrected chi connectivity index (χ2v) is 6.55. The van der Waals surface area contributed by atoms with Gasteiger partial charge in [-0.15, -0.1) is 0 Å². The molecule has 3 rings (SSSR count). The number of rotatable bonds is 5. The highest BCUT2D eigenvalue weighted by Crippen LogP contribution is 2.30. The second-order valence-electron chi connectivity index (χ2n) is 5.64. The van der Waals surface area contributed by atoms with Gasteiger partial charge in [0.2, 0.25) is 0 Å². The second kappa shape index (κ2) is 6.63. The maximum Gasteiger partial charge on any atom is 0.123 e. The molecular formula is C18H20BrNO. The van der Waals surface area contributed by atoms with Crippen molar-refractivity contribution in [1.82, 2.24) is 5.32 Å². The molecular weight excluding hydrogens is 326 g/mol. The lowest BCUT2D eigenvalue weighted by atomic mass is 10.1. The van der Waals surface area contributed by atoms with Crippen molar-refractivity contribution in [3.63, 3.8) is 0 Å². The maximum absolute atomic E-state index is 5.95. The number of halogens is 1. The highest BCUT2D eigenvalue weighted by molar-refractivity contribution is 9.10. The van der Waals surface area contributed by atoms with Gasteiger partial charge in [0.05, 0.1) is 0 Å². The van der Waals surface area contributed by atoms with Gasteiger partial charge in [0.15, 0.2) is 0 Å². The summed E-state index contributed by atoms with van der Waals surface area (Å²) in [6, 6.07) is 14.9. The summed E-state index contributed by atoms with van der Waals surface area (Å²) in [6.07, 6.45) is 2.31. The zero-order valence-corrected chi connectivity index (χ0v) is 13.8. The number of nitrogens with one attached hydrogen (secondary N) is 1. The topological polar surface area (TPSA) is 21.3 Å². The molecule has 1 N–H and O–H groups in total. The minimum Gasteiger partial charge on any atom is -0.488 e. The molecule has 2 aromatic rings. The normalized spacial score (nSPS) is 16.6. The maximum atomic E-state index is 5.95. The Kier molecular flexibility index (Phi) is 4.61. The molecule has 0 amide bonds. The summed E-state index contributed by atoms with van der Waals surface area (Å²) in [4.78, 5) is 0. The van der Waals surface area contributed by atoms with E-state index in [2.05, 4.69) is 58.5 Å². The van der Waals surface area contributed by atoms with E-state index >= 15 is 0 Å². The molecule has 0 bridgehead atoms. The fourth-order valence-corrected chi connectivity index (χ4v) is 3.17. The fourth-order valence-electron chi connectivity index (χ4n) is 2.77. The molecule has 1 aliphatic heterocycles. The first kappa shape index (κ1) is 14.6. The largest absolute Gasteiger partial charge is 0.488 e. The molecule has 2 nitrogen and oxygen atoms in total. The third kappa shape index (κ3) is 3.86.